The topological polar surface area (TPSA) is 57.6 Å². The Morgan fingerprint density at radius 3 is 2.29 bits per heavy atom. The van der Waals surface area contributed by atoms with Crippen LogP contribution in [0.1, 0.15) is 38.7 Å². The van der Waals surface area contributed by atoms with Crippen molar-refractivity contribution in [1.29, 1.82) is 0 Å². The molecule has 0 saturated carbocycles. The predicted octanol–water partition coefficient (Wildman–Crippen LogP) is 4.79. The summed E-state index contributed by atoms with van der Waals surface area (Å²) in [6.45, 7) is 8.54. The summed E-state index contributed by atoms with van der Waals surface area (Å²) in [6, 6.07) is 8.94. The first kappa shape index (κ1) is 22.4. The standard InChI is InChI=1S/C22H30FNO3S/c1-4-12-24(13-5-2)14-7-15-28(26,27)18-10-11-20(22(25)16-18)19-8-6-9-21(23)17(19)3/h6,8-11,16,25H,4-5,7,12-15H2,1-3H3. The Morgan fingerprint density at radius 1 is 1.00 bits per heavy atom. The molecule has 0 saturated heterocycles. The van der Waals surface area contributed by atoms with Gasteiger partial charge >= 0.3 is 0 Å². The lowest BCUT2D eigenvalue weighted by Gasteiger charge is -2.20. The highest BCUT2D eigenvalue weighted by atomic mass is 32.2. The minimum absolute atomic E-state index is 0.0364. The highest BCUT2D eigenvalue weighted by molar-refractivity contribution is 7.91. The van der Waals surface area contributed by atoms with Gasteiger partial charge in [0.15, 0.2) is 9.84 Å². The molecule has 0 unspecified atom stereocenters. The Kier molecular flexibility index (Phi) is 8.01. The molecule has 1 N–H and O–H groups in total. The Balaban J connectivity index is 2.14. The predicted molar refractivity (Wildman–Crippen MR) is 112 cm³/mol. The van der Waals surface area contributed by atoms with Crippen molar-refractivity contribution in [1.82, 2.24) is 4.90 Å². The van der Waals surface area contributed by atoms with E-state index in [4.69, 9.17) is 0 Å². The molecule has 0 bridgehead atoms. The van der Waals surface area contributed by atoms with Crippen LogP contribution in [0.15, 0.2) is 41.3 Å². The van der Waals surface area contributed by atoms with Crippen molar-refractivity contribution in [3.8, 4) is 16.9 Å². The quantitative estimate of drug-likeness (QED) is 0.615. The van der Waals surface area contributed by atoms with Crippen molar-refractivity contribution in [2.24, 2.45) is 0 Å². The number of phenols is 1. The van der Waals surface area contributed by atoms with Crippen LogP contribution in [-0.2, 0) is 9.84 Å². The van der Waals surface area contributed by atoms with Crippen molar-refractivity contribution >= 4 is 9.84 Å². The molecule has 2 aromatic rings. The molecule has 0 aromatic heterocycles. The summed E-state index contributed by atoms with van der Waals surface area (Å²) in [6.07, 6.45) is 2.64. The van der Waals surface area contributed by atoms with Crippen LogP contribution in [0.25, 0.3) is 11.1 Å². The first-order chi connectivity index (χ1) is 13.3. The summed E-state index contributed by atoms with van der Waals surface area (Å²) in [5.74, 6) is -0.486. The second kappa shape index (κ2) is 10.0. The maximum atomic E-state index is 13.8. The van der Waals surface area contributed by atoms with Crippen molar-refractivity contribution in [2.45, 2.75) is 44.9 Å². The summed E-state index contributed by atoms with van der Waals surface area (Å²) < 4.78 is 39.1. The smallest absolute Gasteiger partial charge is 0.178 e. The summed E-state index contributed by atoms with van der Waals surface area (Å²) in [5.41, 5.74) is 1.39. The van der Waals surface area contributed by atoms with Gasteiger partial charge < -0.3 is 10.0 Å². The Hall–Kier alpha value is -1.92. The second-order valence-electron chi connectivity index (χ2n) is 7.11. The molecule has 0 atom stereocenters. The third-order valence-electron chi connectivity index (χ3n) is 4.85. The second-order valence-corrected chi connectivity index (χ2v) is 9.21. The van der Waals surface area contributed by atoms with Gasteiger partial charge in [0.2, 0.25) is 0 Å². The average molecular weight is 408 g/mol. The number of aromatic hydroxyl groups is 1. The normalized spacial score (nSPS) is 11.9. The minimum Gasteiger partial charge on any atom is -0.507 e. The maximum Gasteiger partial charge on any atom is 0.178 e. The van der Waals surface area contributed by atoms with Crippen LogP contribution in [0, 0.1) is 12.7 Å². The number of benzene rings is 2. The van der Waals surface area contributed by atoms with Gasteiger partial charge in [0, 0.05) is 5.56 Å². The molecule has 2 aromatic carbocycles. The van der Waals surface area contributed by atoms with E-state index in [1.165, 1.54) is 18.2 Å². The molecule has 6 heteroatoms. The molecular formula is C22H30FNO3S. The largest absolute Gasteiger partial charge is 0.507 e. The van der Waals surface area contributed by atoms with Crippen LogP contribution >= 0.6 is 0 Å². The van der Waals surface area contributed by atoms with E-state index in [0.717, 1.165) is 32.5 Å². The summed E-state index contributed by atoms with van der Waals surface area (Å²) >= 11 is 0. The number of rotatable bonds is 10. The maximum absolute atomic E-state index is 13.8. The monoisotopic (exact) mass is 407 g/mol. The van der Waals surface area contributed by atoms with Crippen LogP contribution in [0.2, 0.25) is 0 Å². The SMILES string of the molecule is CCCN(CCC)CCCS(=O)(=O)c1ccc(-c2cccc(F)c2C)c(O)c1. The van der Waals surface area contributed by atoms with Gasteiger partial charge in [-0.1, -0.05) is 26.0 Å². The van der Waals surface area contributed by atoms with E-state index in [2.05, 4.69) is 18.7 Å². The molecule has 0 aliphatic carbocycles. The van der Waals surface area contributed by atoms with Gasteiger partial charge in [0.05, 0.1) is 10.6 Å². The Morgan fingerprint density at radius 2 is 1.68 bits per heavy atom. The van der Waals surface area contributed by atoms with Gasteiger partial charge in [-0.15, -0.1) is 0 Å². The molecular weight excluding hydrogens is 377 g/mol. The van der Waals surface area contributed by atoms with Crippen molar-refractivity contribution in [2.75, 3.05) is 25.4 Å². The molecule has 4 nitrogen and oxygen atoms in total. The number of nitrogens with zero attached hydrogens (tertiary/aromatic N) is 1. The van der Waals surface area contributed by atoms with E-state index in [0.29, 0.717) is 23.1 Å². The number of halogens is 1. The lowest BCUT2D eigenvalue weighted by Crippen LogP contribution is -2.28. The van der Waals surface area contributed by atoms with E-state index in [1.54, 1.807) is 25.1 Å². The summed E-state index contributed by atoms with van der Waals surface area (Å²) in [4.78, 5) is 2.38. The van der Waals surface area contributed by atoms with E-state index in [1.807, 2.05) is 0 Å². The van der Waals surface area contributed by atoms with Gasteiger partial charge in [0.1, 0.15) is 11.6 Å². The molecule has 154 valence electrons. The number of sulfone groups is 1. The van der Waals surface area contributed by atoms with E-state index in [9.17, 15) is 17.9 Å². The fraction of sp³-hybridized carbons (Fsp3) is 0.455. The summed E-state index contributed by atoms with van der Waals surface area (Å²) in [5, 5.41) is 10.4. The first-order valence-corrected chi connectivity index (χ1v) is 11.5. The molecule has 0 fully saturated rings. The molecule has 28 heavy (non-hydrogen) atoms. The van der Waals surface area contributed by atoms with Crippen molar-refractivity contribution < 1.29 is 17.9 Å². The Bertz CT molecular complexity index is 891. The summed E-state index contributed by atoms with van der Waals surface area (Å²) in [7, 11) is -3.49. The fourth-order valence-corrected chi connectivity index (χ4v) is 4.71. The van der Waals surface area contributed by atoms with Gasteiger partial charge in [-0.3, -0.25) is 0 Å². The fourth-order valence-electron chi connectivity index (χ4n) is 3.40. The highest BCUT2D eigenvalue weighted by Gasteiger charge is 2.18. The van der Waals surface area contributed by atoms with Crippen LogP contribution in [-0.4, -0.2) is 43.8 Å². The zero-order valence-corrected chi connectivity index (χ0v) is 17.7. The molecule has 0 spiro atoms. The van der Waals surface area contributed by atoms with Crippen LogP contribution in [0.5, 0.6) is 5.75 Å². The number of hydrogen-bond donors (Lipinski definition) is 1. The van der Waals surface area contributed by atoms with Crippen LogP contribution in [0.4, 0.5) is 4.39 Å². The lowest BCUT2D eigenvalue weighted by molar-refractivity contribution is 0.275. The lowest BCUT2D eigenvalue weighted by atomic mass is 9.99. The van der Waals surface area contributed by atoms with E-state index in [-0.39, 0.29) is 22.2 Å². The van der Waals surface area contributed by atoms with E-state index >= 15 is 0 Å². The van der Waals surface area contributed by atoms with Gasteiger partial charge in [-0.25, -0.2) is 12.8 Å². The number of hydrogen-bond acceptors (Lipinski definition) is 4. The molecule has 0 aliphatic heterocycles. The zero-order chi connectivity index (χ0) is 20.7. The van der Waals surface area contributed by atoms with Crippen molar-refractivity contribution in [3.05, 3.63) is 47.8 Å². The van der Waals surface area contributed by atoms with Gasteiger partial charge in [0.25, 0.3) is 0 Å². The minimum atomic E-state index is -3.49. The Labute approximate surface area is 167 Å². The van der Waals surface area contributed by atoms with Gasteiger partial charge in [-0.05, 0) is 81.2 Å². The van der Waals surface area contributed by atoms with Gasteiger partial charge in [-0.2, -0.15) is 0 Å². The van der Waals surface area contributed by atoms with Crippen molar-refractivity contribution in [3.63, 3.8) is 0 Å². The number of phenolic OH excluding ortho intramolecular Hbond substituents is 1. The molecule has 0 radical (unpaired) electrons. The average Bonchev–Trinajstić information content (AvgIpc) is 2.64. The van der Waals surface area contributed by atoms with Crippen LogP contribution < -0.4 is 0 Å². The van der Waals surface area contributed by atoms with E-state index < -0.39 is 9.84 Å². The van der Waals surface area contributed by atoms with Crippen LogP contribution in [0.3, 0.4) is 0 Å². The first-order valence-electron chi connectivity index (χ1n) is 9.83. The molecule has 2 rings (SSSR count). The highest BCUT2D eigenvalue weighted by Crippen LogP contribution is 2.34. The third-order valence-corrected chi connectivity index (χ3v) is 6.65. The third kappa shape index (κ3) is 5.55. The molecule has 0 amide bonds. The molecule has 0 aliphatic rings. The molecule has 0 heterocycles. The zero-order valence-electron chi connectivity index (χ0n) is 16.9.